The van der Waals surface area contributed by atoms with Crippen molar-refractivity contribution in [1.82, 2.24) is 10.3 Å². The molecule has 0 bridgehead atoms. The van der Waals surface area contributed by atoms with E-state index in [4.69, 9.17) is 4.74 Å². The molecule has 0 radical (unpaired) electrons. The van der Waals surface area contributed by atoms with Gasteiger partial charge in [0.15, 0.2) is 5.13 Å². The first-order valence-corrected chi connectivity index (χ1v) is 10.9. The van der Waals surface area contributed by atoms with Gasteiger partial charge in [-0.2, -0.15) is 0 Å². The lowest BCUT2D eigenvalue weighted by Gasteiger charge is -2.18. The molecule has 0 saturated heterocycles. The van der Waals surface area contributed by atoms with Crippen LogP contribution >= 0.6 is 11.3 Å². The minimum absolute atomic E-state index is 0.101. The normalized spacial score (nSPS) is 11.6. The monoisotopic (exact) mass is 437 g/mol. The Morgan fingerprint density at radius 1 is 1.06 bits per heavy atom. The highest BCUT2D eigenvalue weighted by Gasteiger charge is 2.19. The van der Waals surface area contributed by atoms with Crippen LogP contribution in [0.25, 0.3) is 11.3 Å². The third-order valence-corrected chi connectivity index (χ3v) is 5.91. The summed E-state index contributed by atoms with van der Waals surface area (Å²) in [4.78, 5) is 28.9. The van der Waals surface area contributed by atoms with E-state index >= 15 is 0 Å². The van der Waals surface area contributed by atoms with Crippen LogP contribution in [0.5, 0.6) is 5.75 Å². The van der Waals surface area contributed by atoms with E-state index in [9.17, 15) is 9.59 Å². The number of carbonyl (C=O) groups is 2. The molecule has 1 unspecified atom stereocenters. The van der Waals surface area contributed by atoms with Crippen LogP contribution in [0.3, 0.4) is 0 Å². The van der Waals surface area contributed by atoms with Crippen LogP contribution < -0.4 is 15.4 Å². The molecule has 1 aromatic heterocycles. The molecule has 3 rings (SSSR count). The molecule has 2 aromatic carbocycles. The van der Waals surface area contributed by atoms with Crippen LogP contribution in [-0.4, -0.2) is 23.9 Å². The Labute approximate surface area is 186 Å². The van der Waals surface area contributed by atoms with E-state index in [1.807, 2.05) is 17.5 Å². The number of carbonyl (C=O) groups excluding carboxylic acids is 2. The minimum atomic E-state index is -0.440. The SMILES string of the molecule is COc1ccc(C(CC(=O)Nc2nc(-c3cc(C)c(C)cc3C)cs2)NC(C)=O)cc1. The van der Waals surface area contributed by atoms with Crippen molar-refractivity contribution in [2.24, 2.45) is 0 Å². The molecule has 0 fully saturated rings. The molecule has 1 atom stereocenters. The van der Waals surface area contributed by atoms with Crippen molar-refractivity contribution in [3.63, 3.8) is 0 Å². The number of nitrogens with one attached hydrogen (secondary N) is 2. The number of aromatic nitrogens is 1. The summed E-state index contributed by atoms with van der Waals surface area (Å²) in [5, 5.41) is 8.19. The largest absolute Gasteiger partial charge is 0.497 e. The van der Waals surface area contributed by atoms with Gasteiger partial charge in [0.05, 0.1) is 25.3 Å². The predicted octanol–water partition coefficient (Wildman–Crippen LogP) is 4.95. The predicted molar refractivity (Wildman–Crippen MR) is 125 cm³/mol. The average molecular weight is 438 g/mol. The number of anilines is 1. The number of aryl methyl sites for hydroxylation is 3. The van der Waals surface area contributed by atoms with E-state index in [0.717, 1.165) is 22.4 Å². The van der Waals surface area contributed by atoms with Crippen molar-refractivity contribution in [2.75, 3.05) is 12.4 Å². The van der Waals surface area contributed by atoms with Crippen molar-refractivity contribution in [3.8, 4) is 17.0 Å². The second-order valence-corrected chi connectivity index (χ2v) is 8.43. The molecular weight excluding hydrogens is 410 g/mol. The minimum Gasteiger partial charge on any atom is -0.497 e. The Balaban J connectivity index is 1.73. The van der Waals surface area contributed by atoms with E-state index in [1.54, 1.807) is 19.2 Å². The third kappa shape index (κ3) is 5.70. The Bertz CT molecular complexity index is 1090. The molecule has 0 aliphatic carbocycles. The van der Waals surface area contributed by atoms with E-state index < -0.39 is 6.04 Å². The van der Waals surface area contributed by atoms with Gasteiger partial charge in [-0.05, 0) is 61.2 Å². The molecule has 0 spiro atoms. The van der Waals surface area contributed by atoms with Crippen molar-refractivity contribution >= 4 is 28.3 Å². The van der Waals surface area contributed by atoms with Crippen molar-refractivity contribution < 1.29 is 14.3 Å². The number of ether oxygens (including phenoxy) is 1. The highest BCUT2D eigenvalue weighted by Crippen LogP contribution is 2.30. The van der Waals surface area contributed by atoms with Gasteiger partial charge in [0.1, 0.15) is 5.75 Å². The molecule has 0 aliphatic heterocycles. The van der Waals surface area contributed by atoms with Gasteiger partial charge in [-0.15, -0.1) is 11.3 Å². The highest BCUT2D eigenvalue weighted by atomic mass is 32.1. The number of hydrogen-bond donors (Lipinski definition) is 2. The van der Waals surface area contributed by atoms with Crippen molar-refractivity contribution in [3.05, 3.63) is 64.0 Å². The van der Waals surface area contributed by atoms with Crippen molar-refractivity contribution in [2.45, 2.75) is 40.2 Å². The lowest BCUT2D eigenvalue weighted by molar-refractivity contribution is -0.120. The number of benzene rings is 2. The molecule has 0 aliphatic rings. The maximum Gasteiger partial charge on any atom is 0.228 e. The molecule has 1 heterocycles. The second kappa shape index (κ2) is 9.75. The first-order valence-electron chi connectivity index (χ1n) is 10.0. The summed E-state index contributed by atoms with van der Waals surface area (Å²) >= 11 is 1.39. The summed E-state index contributed by atoms with van der Waals surface area (Å²) in [6.07, 6.45) is 0.101. The average Bonchev–Trinajstić information content (AvgIpc) is 3.18. The third-order valence-electron chi connectivity index (χ3n) is 5.15. The maximum atomic E-state index is 12.7. The van der Waals surface area contributed by atoms with Gasteiger partial charge in [0, 0.05) is 17.9 Å². The Morgan fingerprint density at radius 2 is 1.74 bits per heavy atom. The zero-order valence-corrected chi connectivity index (χ0v) is 19.2. The van der Waals surface area contributed by atoms with E-state index in [2.05, 4.69) is 48.5 Å². The number of methoxy groups -OCH3 is 1. The summed E-state index contributed by atoms with van der Waals surface area (Å²) in [6.45, 7) is 7.67. The van der Waals surface area contributed by atoms with Gasteiger partial charge in [0.2, 0.25) is 11.8 Å². The lowest BCUT2D eigenvalue weighted by Crippen LogP contribution is -2.29. The van der Waals surface area contributed by atoms with E-state index in [0.29, 0.717) is 10.9 Å². The Hall–Kier alpha value is -3.19. The molecule has 31 heavy (non-hydrogen) atoms. The molecule has 6 nitrogen and oxygen atoms in total. The first kappa shape index (κ1) is 22.5. The molecular formula is C24H27N3O3S. The van der Waals surface area contributed by atoms with Gasteiger partial charge >= 0.3 is 0 Å². The van der Waals surface area contributed by atoms with Crippen LogP contribution in [0.2, 0.25) is 0 Å². The van der Waals surface area contributed by atoms with Gasteiger partial charge in [-0.25, -0.2) is 4.98 Å². The van der Waals surface area contributed by atoms with Crippen LogP contribution in [0.1, 0.15) is 41.6 Å². The van der Waals surface area contributed by atoms with Gasteiger partial charge in [-0.3, -0.25) is 9.59 Å². The summed E-state index contributed by atoms with van der Waals surface area (Å²) in [6, 6.07) is 11.1. The summed E-state index contributed by atoms with van der Waals surface area (Å²) < 4.78 is 5.18. The molecule has 2 amide bonds. The molecule has 7 heteroatoms. The fourth-order valence-corrected chi connectivity index (χ4v) is 4.11. The number of nitrogens with zero attached hydrogens (tertiary/aromatic N) is 1. The second-order valence-electron chi connectivity index (χ2n) is 7.57. The summed E-state index contributed by atoms with van der Waals surface area (Å²) in [5.74, 6) is 0.300. The number of rotatable bonds is 7. The summed E-state index contributed by atoms with van der Waals surface area (Å²) in [7, 11) is 1.59. The fraction of sp³-hybridized carbons (Fsp3) is 0.292. The molecule has 2 N–H and O–H groups in total. The van der Waals surface area contributed by atoms with Crippen molar-refractivity contribution in [1.29, 1.82) is 0 Å². The van der Waals surface area contributed by atoms with Crippen LogP contribution in [0, 0.1) is 20.8 Å². The van der Waals surface area contributed by atoms with E-state index in [1.165, 1.54) is 29.4 Å². The van der Waals surface area contributed by atoms with Gasteiger partial charge < -0.3 is 15.4 Å². The quantitative estimate of drug-likeness (QED) is 0.548. The lowest BCUT2D eigenvalue weighted by atomic mass is 9.99. The van der Waals surface area contributed by atoms with Crippen LogP contribution in [0.4, 0.5) is 5.13 Å². The molecule has 162 valence electrons. The smallest absolute Gasteiger partial charge is 0.228 e. The number of amides is 2. The maximum absolute atomic E-state index is 12.7. The Morgan fingerprint density at radius 3 is 2.39 bits per heavy atom. The fourth-order valence-electron chi connectivity index (χ4n) is 3.38. The number of hydrogen-bond acceptors (Lipinski definition) is 5. The van der Waals surface area contributed by atoms with Gasteiger partial charge in [0.25, 0.3) is 0 Å². The highest BCUT2D eigenvalue weighted by molar-refractivity contribution is 7.14. The topological polar surface area (TPSA) is 80.3 Å². The molecule has 3 aromatic rings. The zero-order chi connectivity index (χ0) is 22.5. The molecule has 0 saturated carbocycles. The Kier molecular flexibility index (Phi) is 7.07. The standard InChI is InChI=1S/C24H27N3O3S/c1-14-10-16(3)20(11-15(14)2)22-13-31-24(26-22)27-23(29)12-21(25-17(4)28)18-6-8-19(30-5)9-7-18/h6-11,13,21H,12H2,1-5H3,(H,25,28)(H,26,27,29). The van der Waals surface area contributed by atoms with Gasteiger partial charge in [-0.1, -0.05) is 18.2 Å². The van der Waals surface area contributed by atoms with Crippen LogP contribution in [0.15, 0.2) is 41.8 Å². The van der Waals surface area contributed by atoms with E-state index in [-0.39, 0.29) is 18.2 Å². The summed E-state index contributed by atoms with van der Waals surface area (Å²) in [5.41, 5.74) is 6.33. The number of thiazole rings is 1. The van der Waals surface area contributed by atoms with Crippen LogP contribution in [-0.2, 0) is 9.59 Å². The first-order chi connectivity index (χ1) is 14.8. The zero-order valence-electron chi connectivity index (χ0n) is 18.4.